The molecule has 0 amide bonds. The van der Waals surface area contributed by atoms with E-state index in [0.29, 0.717) is 5.69 Å². The fraction of sp³-hybridized carbons (Fsp3) is 0.571. The zero-order chi connectivity index (χ0) is 13.9. The van der Waals surface area contributed by atoms with Gasteiger partial charge in [0, 0.05) is 11.7 Å². The lowest BCUT2D eigenvalue weighted by molar-refractivity contribution is 0.332. The Labute approximate surface area is 115 Å². The van der Waals surface area contributed by atoms with Crippen molar-refractivity contribution in [1.82, 2.24) is 4.72 Å². The van der Waals surface area contributed by atoms with Gasteiger partial charge in [0.15, 0.2) is 0 Å². The maximum absolute atomic E-state index is 12.1. The lowest BCUT2D eigenvalue weighted by atomic mass is 9.88. The molecule has 1 aliphatic rings. The summed E-state index contributed by atoms with van der Waals surface area (Å²) < 4.78 is 27.0. The van der Waals surface area contributed by atoms with Gasteiger partial charge in [-0.3, -0.25) is 0 Å². The summed E-state index contributed by atoms with van der Waals surface area (Å²) in [6.07, 6.45) is 4.09. The zero-order valence-electron chi connectivity index (χ0n) is 11.3. The Morgan fingerprint density at radius 2 is 1.95 bits per heavy atom. The minimum Gasteiger partial charge on any atom is -0.399 e. The molecule has 0 heterocycles. The summed E-state index contributed by atoms with van der Waals surface area (Å²) in [4.78, 5) is 0. The first kappa shape index (κ1) is 14.3. The van der Waals surface area contributed by atoms with Crippen LogP contribution in [0.5, 0.6) is 0 Å². The number of benzene rings is 1. The minimum atomic E-state index is -3.27. The average Bonchev–Trinajstić information content (AvgIpc) is 2.31. The summed E-state index contributed by atoms with van der Waals surface area (Å²) >= 11 is 0. The van der Waals surface area contributed by atoms with E-state index in [1.807, 2.05) is 0 Å². The molecular formula is C14H22N2O2S. The molecule has 5 heteroatoms. The maximum Gasteiger partial charge on any atom is 0.216 e. The van der Waals surface area contributed by atoms with Crippen molar-refractivity contribution >= 4 is 15.7 Å². The number of rotatable bonds is 4. The maximum atomic E-state index is 12.1. The van der Waals surface area contributed by atoms with Gasteiger partial charge in [-0.05, 0) is 49.3 Å². The molecule has 0 saturated heterocycles. The Morgan fingerprint density at radius 3 is 2.58 bits per heavy atom. The molecule has 4 nitrogen and oxygen atoms in total. The predicted octanol–water partition coefficient (Wildman–Crippen LogP) is 2.27. The highest BCUT2D eigenvalue weighted by molar-refractivity contribution is 7.88. The fourth-order valence-electron chi connectivity index (χ4n) is 2.58. The van der Waals surface area contributed by atoms with Gasteiger partial charge in [-0.25, -0.2) is 13.1 Å². The smallest absolute Gasteiger partial charge is 0.216 e. The van der Waals surface area contributed by atoms with E-state index in [-0.39, 0.29) is 11.8 Å². The lowest BCUT2D eigenvalue weighted by Gasteiger charge is -2.26. The first-order valence-corrected chi connectivity index (χ1v) is 8.44. The van der Waals surface area contributed by atoms with Gasteiger partial charge >= 0.3 is 0 Å². The molecule has 0 aromatic heterocycles. The van der Waals surface area contributed by atoms with Crippen LogP contribution in [0.25, 0.3) is 0 Å². The Kier molecular flexibility index (Phi) is 4.47. The van der Waals surface area contributed by atoms with Crippen LogP contribution in [0.2, 0.25) is 0 Å². The van der Waals surface area contributed by atoms with E-state index in [9.17, 15) is 8.42 Å². The number of hydrogen-bond acceptors (Lipinski definition) is 3. The second kappa shape index (κ2) is 5.92. The van der Waals surface area contributed by atoms with Gasteiger partial charge in [0.1, 0.15) is 0 Å². The normalized spacial score (nSPS) is 24.3. The van der Waals surface area contributed by atoms with Crippen LogP contribution in [-0.4, -0.2) is 14.5 Å². The molecule has 1 aromatic rings. The predicted molar refractivity (Wildman–Crippen MR) is 78.0 cm³/mol. The first-order valence-electron chi connectivity index (χ1n) is 6.79. The molecule has 0 aliphatic heterocycles. The number of nitrogen functional groups attached to an aromatic ring is 1. The van der Waals surface area contributed by atoms with Gasteiger partial charge in [0.2, 0.25) is 10.0 Å². The third kappa shape index (κ3) is 4.51. The van der Waals surface area contributed by atoms with E-state index in [1.165, 1.54) is 0 Å². The first-order chi connectivity index (χ1) is 8.94. The van der Waals surface area contributed by atoms with E-state index in [2.05, 4.69) is 11.6 Å². The largest absolute Gasteiger partial charge is 0.399 e. The second-order valence-corrected chi connectivity index (χ2v) is 7.33. The summed E-state index contributed by atoms with van der Waals surface area (Å²) in [5, 5.41) is 0. The van der Waals surface area contributed by atoms with Gasteiger partial charge in [-0.15, -0.1) is 0 Å². The SMILES string of the molecule is CC1CCC(NS(=O)(=O)Cc2cccc(N)c2)CC1. The van der Waals surface area contributed by atoms with E-state index >= 15 is 0 Å². The van der Waals surface area contributed by atoms with E-state index in [0.717, 1.165) is 37.2 Å². The Morgan fingerprint density at radius 1 is 1.26 bits per heavy atom. The van der Waals surface area contributed by atoms with Crippen molar-refractivity contribution in [2.75, 3.05) is 5.73 Å². The number of hydrogen-bond donors (Lipinski definition) is 2. The van der Waals surface area contributed by atoms with Crippen LogP contribution < -0.4 is 10.5 Å². The third-order valence-corrected chi connectivity index (χ3v) is 5.08. The van der Waals surface area contributed by atoms with Gasteiger partial charge < -0.3 is 5.73 Å². The van der Waals surface area contributed by atoms with Crippen LogP contribution in [0.4, 0.5) is 5.69 Å². The third-order valence-electron chi connectivity index (χ3n) is 3.67. The Balaban J connectivity index is 1.95. The molecule has 3 N–H and O–H groups in total. The summed E-state index contributed by atoms with van der Waals surface area (Å²) in [6, 6.07) is 7.14. The van der Waals surface area contributed by atoms with E-state index in [4.69, 9.17) is 5.73 Å². The van der Waals surface area contributed by atoms with E-state index < -0.39 is 10.0 Å². The van der Waals surface area contributed by atoms with Crippen LogP contribution >= 0.6 is 0 Å². The number of sulfonamides is 1. The number of nitrogens with one attached hydrogen (secondary N) is 1. The van der Waals surface area contributed by atoms with Crippen LogP contribution in [-0.2, 0) is 15.8 Å². The van der Waals surface area contributed by atoms with Crippen molar-refractivity contribution in [3.8, 4) is 0 Å². The highest BCUT2D eigenvalue weighted by atomic mass is 32.2. The second-order valence-electron chi connectivity index (χ2n) is 5.58. The highest BCUT2D eigenvalue weighted by Crippen LogP contribution is 2.24. The molecule has 0 bridgehead atoms. The standard InChI is InChI=1S/C14H22N2O2S/c1-11-5-7-14(8-6-11)16-19(17,18)10-12-3-2-4-13(15)9-12/h2-4,9,11,14,16H,5-8,10,15H2,1H3. The van der Waals surface area contributed by atoms with Gasteiger partial charge in [0.05, 0.1) is 5.75 Å². The molecule has 0 radical (unpaired) electrons. The molecule has 1 aliphatic carbocycles. The molecule has 1 aromatic carbocycles. The van der Waals surface area contributed by atoms with Gasteiger partial charge in [0.25, 0.3) is 0 Å². The lowest BCUT2D eigenvalue weighted by Crippen LogP contribution is -2.37. The topological polar surface area (TPSA) is 72.2 Å². The molecule has 0 unspecified atom stereocenters. The van der Waals surface area contributed by atoms with Crippen LogP contribution in [0.15, 0.2) is 24.3 Å². The van der Waals surface area contributed by atoms with Gasteiger partial charge in [-0.1, -0.05) is 19.1 Å². The molecule has 2 rings (SSSR count). The number of nitrogens with two attached hydrogens (primary N) is 1. The van der Waals surface area contributed by atoms with Crippen LogP contribution in [0.3, 0.4) is 0 Å². The fourth-order valence-corrected chi connectivity index (χ4v) is 4.02. The number of anilines is 1. The molecule has 19 heavy (non-hydrogen) atoms. The van der Waals surface area contributed by atoms with Crippen LogP contribution in [0, 0.1) is 5.92 Å². The van der Waals surface area contributed by atoms with Crippen molar-refractivity contribution in [1.29, 1.82) is 0 Å². The van der Waals surface area contributed by atoms with Crippen molar-refractivity contribution in [3.63, 3.8) is 0 Å². The summed E-state index contributed by atoms with van der Waals surface area (Å²) in [6.45, 7) is 2.22. The molecular weight excluding hydrogens is 260 g/mol. The molecule has 106 valence electrons. The average molecular weight is 282 g/mol. The van der Waals surface area contributed by atoms with Crippen molar-refractivity contribution in [2.45, 2.75) is 44.4 Å². The molecule has 1 fully saturated rings. The molecule has 0 atom stereocenters. The quantitative estimate of drug-likeness (QED) is 0.832. The van der Waals surface area contributed by atoms with Crippen molar-refractivity contribution < 1.29 is 8.42 Å². The highest BCUT2D eigenvalue weighted by Gasteiger charge is 2.23. The monoisotopic (exact) mass is 282 g/mol. The Bertz CT molecular complexity index is 520. The van der Waals surface area contributed by atoms with Crippen LogP contribution in [0.1, 0.15) is 38.2 Å². The summed E-state index contributed by atoms with van der Waals surface area (Å²) in [5.41, 5.74) is 6.99. The van der Waals surface area contributed by atoms with Crippen molar-refractivity contribution in [2.24, 2.45) is 5.92 Å². The summed E-state index contributed by atoms with van der Waals surface area (Å²) in [7, 11) is -3.27. The van der Waals surface area contributed by atoms with Gasteiger partial charge in [-0.2, -0.15) is 0 Å². The summed E-state index contributed by atoms with van der Waals surface area (Å²) in [5.74, 6) is 0.721. The Hall–Kier alpha value is -1.07. The van der Waals surface area contributed by atoms with E-state index in [1.54, 1.807) is 24.3 Å². The minimum absolute atomic E-state index is 0.00406. The molecule has 0 spiro atoms. The molecule has 1 saturated carbocycles. The van der Waals surface area contributed by atoms with Crippen molar-refractivity contribution in [3.05, 3.63) is 29.8 Å². The zero-order valence-corrected chi connectivity index (χ0v) is 12.1.